The van der Waals surface area contributed by atoms with E-state index in [2.05, 4.69) is 10.0 Å². The zero-order chi connectivity index (χ0) is 17.7. The van der Waals surface area contributed by atoms with Crippen LogP contribution in [0.5, 0.6) is 5.75 Å². The Morgan fingerprint density at radius 3 is 2.62 bits per heavy atom. The van der Waals surface area contributed by atoms with Gasteiger partial charge in [-0.05, 0) is 43.5 Å². The lowest BCUT2D eigenvalue weighted by molar-refractivity contribution is -0.115. The molecule has 24 heavy (non-hydrogen) atoms. The molecule has 0 saturated heterocycles. The number of sulfonamides is 1. The topological polar surface area (TPSA) is 84.5 Å². The fourth-order valence-corrected chi connectivity index (χ4v) is 4.08. The number of nitrogens with one attached hydrogen (secondary N) is 2. The third kappa shape index (κ3) is 4.80. The molecule has 2 N–H and O–H groups in total. The van der Waals surface area contributed by atoms with E-state index in [1.54, 1.807) is 13.8 Å². The van der Waals surface area contributed by atoms with Crippen molar-refractivity contribution in [2.24, 2.45) is 0 Å². The lowest BCUT2D eigenvalue weighted by Gasteiger charge is -2.14. The van der Waals surface area contributed by atoms with Crippen LogP contribution in [-0.2, 0) is 21.2 Å². The number of amides is 1. The van der Waals surface area contributed by atoms with Gasteiger partial charge in [0.05, 0.1) is 24.1 Å². The molecule has 1 aromatic carbocycles. The summed E-state index contributed by atoms with van der Waals surface area (Å²) in [5.41, 5.74) is 0.325. The minimum absolute atomic E-state index is 0.0726. The van der Waals surface area contributed by atoms with Gasteiger partial charge in [0.1, 0.15) is 5.75 Å². The van der Waals surface area contributed by atoms with Crippen molar-refractivity contribution in [3.63, 3.8) is 0 Å². The Kier molecular flexibility index (Phi) is 5.98. The van der Waals surface area contributed by atoms with Gasteiger partial charge in [0.25, 0.3) is 0 Å². The highest BCUT2D eigenvalue weighted by molar-refractivity contribution is 7.89. The average molecular weight is 368 g/mol. The van der Waals surface area contributed by atoms with Crippen LogP contribution in [0.25, 0.3) is 0 Å². The molecule has 0 unspecified atom stereocenters. The van der Waals surface area contributed by atoms with Crippen LogP contribution in [-0.4, -0.2) is 27.5 Å². The molecule has 6 nitrogen and oxygen atoms in total. The molecule has 1 aromatic heterocycles. The molecular formula is C16H20N2O4S2. The van der Waals surface area contributed by atoms with Crippen LogP contribution in [0, 0.1) is 0 Å². The first-order valence-electron chi connectivity index (χ1n) is 7.34. The molecule has 0 spiro atoms. The molecule has 0 saturated carbocycles. The second kappa shape index (κ2) is 7.78. The number of hydrogen-bond acceptors (Lipinski definition) is 5. The maximum absolute atomic E-state index is 12.3. The van der Waals surface area contributed by atoms with Gasteiger partial charge in [-0.2, -0.15) is 0 Å². The van der Waals surface area contributed by atoms with Crippen molar-refractivity contribution in [2.45, 2.75) is 31.2 Å². The van der Waals surface area contributed by atoms with Gasteiger partial charge in [0.2, 0.25) is 15.9 Å². The van der Waals surface area contributed by atoms with E-state index in [0.717, 1.165) is 4.88 Å². The zero-order valence-electron chi connectivity index (χ0n) is 13.7. The van der Waals surface area contributed by atoms with Crippen molar-refractivity contribution in [2.75, 3.05) is 12.4 Å². The van der Waals surface area contributed by atoms with E-state index < -0.39 is 10.0 Å². The number of ether oxygens (including phenoxy) is 1. The Labute approximate surface area is 145 Å². The largest absolute Gasteiger partial charge is 0.495 e. The number of rotatable bonds is 7. The van der Waals surface area contributed by atoms with E-state index in [1.807, 2.05) is 17.5 Å². The minimum atomic E-state index is -3.65. The minimum Gasteiger partial charge on any atom is -0.495 e. The molecule has 8 heteroatoms. The van der Waals surface area contributed by atoms with E-state index in [0.29, 0.717) is 11.4 Å². The summed E-state index contributed by atoms with van der Waals surface area (Å²) in [5, 5.41) is 4.61. The van der Waals surface area contributed by atoms with Gasteiger partial charge in [-0.3, -0.25) is 4.79 Å². The van der Waals surface area contributed by atoms with Crippen molar-refractivity contribution in [3.8, 4) is 5.75 Å². The van der Waals surface area contributed by atoms with Crippen molar-refractivity contribution in [1.82, 2.24) is 4.72 Å². The van der Waals surface area contributed by atoms with Gasteiger partial charge in [0, 0.05) is 10.9 Å². The smallest absolute Gasteiger partial charge is 0.240 e. The number of carbonyl (C=O) groups excluding carboxylic acids is 1. The van der Waals surface area contributed by atoms with Crippen LogP contribution in [0.2, 0.25) is 0 Å². The average Bonchev–Trinajstić information content (AvgIpc) is 2.98. The lowest BCUT2D eigenvalue weighted by atomic mass is 10.2. The summed E-state index contributed by atoms with van der Waals surface area (Å²) in [7, 11) is -2.18. The predicted octanol–water partition coefficient (Wildman–Crippen LogP) is 2.62. The van der Waals surface area contributed by atoms with Gasteiger partial charge in [-0.25, -0.2) is 13.1 Å². The van der Waals surface area contributed by atoms with Gasteiger partial charge in [-0.15, -0.1) is 11.3 Å². The monoisotopic (exact) mass is 368 g/mol. The summed E-state index contributed by atoms with van der Waals surface area (Å²) in [5.74, 6) is 0.167. The van der Waals surface area contributed by atoms with Crippen molar-refractivity contribution < 1.29 is 17.9 Å². The third-order valence-electron chi connectivity index (χ3n) is 3.06. The van der Waals surface area contributed by atoms with E-state index in [9.17, 15) is 13.2 Å². The number of methoxy groups -OCH3 is 1. The summed E-state index contributed by atoms with van der Waals surface area (Å²) in [6.07, 6.45) is 0.224. The highest BCUT2D eigenvalue weighted by Gasteiger charge is 2.18. The standard InChI is InChI=1S/C16H20N2O4S2/c1-11(2)18-24(20,21)13-6-7-15(22-3)14(10-13)17-16(19)9-12-5-4-8-23-12/h4-8,10-11,18H,9H2,1-3H3,(H,17,19). The van der Waals surface area contributed by atoms with Gasteiger partial charge in [0.15, 0.2) is 0 Å². The van der Waals surface area contributed by atoms with Crippen molar-refractivity contribution in [3.05, 3.63) is 40.6 Å². The number of thiophene rings is 1. The lowest BCUT2D eigenvalue weighted by Crippen LogP contribution is -2.30. The summed E-state index contributed by atoms with van der Waals surface area (Å²) >= 11 is 1.49. The molecule has 1 amide bonds. The first kappa shape index (κ1) is 18.4. The summed E-state index contributed by atoms with van der Waals surface area (Å²) in [6.45, 7) is 3.48. The molecule has 2 rings (SSSR count). The molecule has 130 valence electrons. The normalized spacial score (nSPS) is 11.5. The summed E-state index contributed by atoms with van der Waals surface area (Å²) in [6, 6.07) is 7.88. The molecule has 1 heterocycles. The van der Waals surface area contributed by atoms with Crippen LogP contribution < -0.4 is 14.8 Å². The second-order valence-corrected chi connectivity index (χ2v) is 8.19. The predicted molar refractivity (Wildman–Crippen MR) is 95.1 cm³/mol. The Morgan fingerprint density at radius 1 is 1.29 bits per heavy atom. The quantitative estimate of drug-likeness (QED) is 0.787. The molecule has 0 fully saturated rings. The van der Waals surface area contributed by atoms with E-state index in [-0.39, 0.29) is 23.3 Å². The van der Waals surface area contributed by atoms with E-state index in [4.69, 9.17) is 4.74 Å². The second-order valence-electron chi connectivity index (χ2n) is 5.44. The molecule has 0 bridgehead atoms. The molecule has 0 aliphatic rings. The van der Waals surface area contributed by atoms with Crippen LogP contribution >= 0.6 is 11.3 Å². The van der Waals surface area contributed by atoms with Crippen LogP contribution in [0.3, 0.4) is 0 Å². The molecule has 0 aliphatic carbocycles. The third-order valence-corrected chi connectivity index (χ3v) is 5.59. The van der Waals surface area contributed by atoms with Gasteiger partial charge in [-0.1, -0.05) is 6.07 Å². The van der Waals surface area contributed by atoms with Crippen LogP contribution in [0.1, 0.15) is 18.7 Å². The fourth-order valence-electron chi connectivity index (χ4n) is 2.10. The Hall–Kier alpha value is -1.90. The summed E-state index contributed by atoms with van der Waals surface area (Å²) in [4.78, 5) is 13.2. The highest BCUT2D eigenvalue weighted by atomic mass is 32.2. The molecular weight excluding hydrogens is 348 g/mol. The maximum Gasteiger partial charge on any atom is 0.240 e. The number of hydrogen-bond donors (Lipinski definition) is 2. The first-order chi connectivity index (χ1) is 11.3. The number of benzene rings is 1. The fraction of sp³-hybridized carbons (Fsp3) is 0.312. The molecule has 0 atom stereocenters. The van der Waals surface area contributed by atoms with E-state index in [1.165, 1.54) is 36.6 Å². The van der Waals surface area contributed by atoms with Crippen molar-refractivity contribution in [1.29, 1.82) is 0 Å². The SMILES string of the molecule is COc1ccc(S(=O)(=O)NC(C)C)cc1NC(=O)Cc1cccs1. The number of anilines is 1. The van der Waals surface area contributed by atoms with Gasteiger partial charge < -0.3 is 10.1 Å². The van der Waals surface area contributed by atoms with Crippen LogP contribution in [0.4, 0.5) is 5.69 Å². The molecule has 2 aromatic rings. The van der Waals surface area contributed by atoms with Crippen molar-refractivity contribution >= 4 is 33.0 Å². The Balaban J connectivity index is 2.24. The number of carbonyl (C=O) groups is 1. The van der Waals surface area contributed by atoms with Crippen LogP contribution in [0.15, 0.2) is 40.6 Å². The van der Waals surface area contributed by atoms with Gasteiger partial charge >= 0.3 is 0 Å². The molecule has 0 radical (unpaired) electrons. The Bertz CT molecular complexity index is 799. The Morgan fingerprint density at radius 2 is 2.04 bits per heavy atom. The maximum atomic E-state index is 12.3. The summed E-state index contributed by atoms with van der Waals surface area (Å²) < 4.78 is 32.3. The zero-order valence-corrected chi connectivity index (χ0v) is 15.3. The molecule has 0 aliphatic heterocycles. The first-order valence-corrected chi connectivity index (χ1v) is 9.70. The van der Waals surface area contributed by atoms with E-state index >= 15 is 0 Å². The highest BCUT2D eigenvalue weighted by Crippen LogP contribution is 2.28.